The summed E-state index contributed by atoms with van der Waals surface area (Å²) in [5, 5.41) is 2.71. The Morgan fingerprint density at radius 3 is 2.80 bits per heavy atom. The number of nitrogens with one attached hydrogen (secondary N) is 1. The van der Waals surface area contributed by atoms with E-state index >= 15 is 0 Å². The number of hydrogen-bond acceptors (Lipinski definition) is 3. The number of amides is 1. The minimum Gasteiger partial charge on any atom is -0.491 e. The lowest BCUT2D eigenvalue weighted by Crippen LogP contribution is -2.17. The number of fused-ring (bicyclic) bond motifs is 1. The Morgan fingerprint density at radius 1 is 1.20 bits per heavy atom. The third kappa shape index (κ3) is 2.63. The molecule has 1 aliphatic rings. The van der Waals surface area contributed by atoms with Crippen LogP contribution in [-0.2, 0) is 6.42 Å². The van der Waals surface area contributed by atoms with Crippen LogP contribution in [0.15, 0.2) is 46.9 Å². The van der Waals surface area contributed by atoms with Crippen LogP contribution < -0.4 is 14.8 Å². The van der Waals surface area contributed by atoms with Crippen molar-refractivity contribution in [1.82, 2.24) is 0 Å². The van der Waals surface area contributed by atoms with Crippen LogP contribution in [0, 0.1) is 0 Å². The summed E-state index contributed by atoms with van der Waals surface area (Å²) in [5.41, 5.74) is 1.70. The molecule has 0 saturated carbocycles. The second-order valence-electron chi connectivity index (χ2n) is 4.33. The highest BCUT2D eigenvalue weighted by Crippen LogP contribution is 2.38. The zero-order chi connectivity index (χ0) is 13.9. The number of anilines is 1. The highest BCUT2D eigenvalue weighted by Gasteiger charge is 2.20. The fraction of sp³-hybridized carbons (Fsp3) is 0.133. The summed E-state index contributed by atoms with van der Waals surface area (Å²) < 4.78 is 11.7. The van der Waals surface area contributed by atoms with Crippen LogP contribution in [0.25, 0.3) is 0 Å². The minimum atomic E-state index is -0.531. The van der Waals surface area contributed by atoms with E-state index in [2.05, 4.69) is 21.2 Å². The monoisotopic (exact) mass is 333 g/mol. The molecular weight excluding hydrogens is 322 g/mol. The normalized spacial score (nSPS) is 12.4. The molecule has 2 aromatic rings. The average Bonchev–Trinajstić information content (AvgIpc) is 2.93. The van der Waals surface area contributed by atoms with E-state index < -0.39 is 6.09 Å². The van der Waals surface area contributed by atoms with Gasteiger partial charge in [-0.25, -0.2) is 4.79 Å². The van der Waals surface area contributed by atoms with Crippen LogP contribution >= 0.6 is 15.9 Å². The lowest BCUT2D eigenvalue weighted by Gasteiger charge is -2.11. The third-order valence-corrected chi connectivity index (χ3v) is 3.74. The van der Waals surface area contributed by atoms with E-state index in [-0.39, 0.29) is 0 Å². The molecule has 2 aromatic carbocycles. The van der Waals surface area contributed by atoms with Gasteiger partial charge in [-0.1, -0.05) is 34.1 Å². The number of rotatable bonds is 2. The lowest BCUT2D eigenvalue weighted by molar-refractivity contribution is 0.215. The summed E-state index contributed by atoms with van der Waals surface area (Å²) >= 11 is 3.48. The van der Waals surface area contributed by atoms with Gasteiger partial charge in [0.15, 0.2) is 0 Å². The van der Waals surface area contributed by atoms with E-state index in [4.69, 9.17) is 9.47 Å². The van der Waals surface area contributed by atoms with Gasteiger partial charge in [0.1, 0.15) is 11.5 Å². The van der Waals surface area contributed by atoms with Gasteiger partial charge in [0.2, 0.25) is 0 Å². The molecule has 1 amide bonds. The maximum absolute atomic E-state index is 11.9. The number of ether oxygens (including phenoxy) is 2. The maximum Gasteiger partial charge on any atom is 0.417 e. The summed E-state index contributed by atoms with van der Waals surface area (Å²) in [6, 6.07) is 12.6. The zero-order valence-electron chi connectivity index (χ0n) is 10.6. The molecule has 0 aromatic heterocycles. The SMILES string of the molecule is O=C(Nc1ccc(Br)c2c1OCC2)Oc1ccccc1. The Bertz CT molecular complexity index is 643. The first-order valence-electron chi connectivity index (χ1n) is 6.22. The molecule has 1 aliphatic heterocycles. The van der Waals surface area contributed by atoms with Crippen LogP contribution in [0.5, 0.6) is 11.5 Å². The molecule has 0 spiro atoms. The Morgan fingerprint density at radius 2 is 2.00 bits per heavy atom. The van der Waals surface area contributed by atoms with Gasteiger partial charge in [0, 0.05) is 16.5 Å². The number of hydrogen-bond donors (Lipinski definition) is 1. The largest absolute Gasteiger partial charge is 0.491 e. The first-order chi connectivity index (χ1) is 9.74. The molecule has 102 valence electrons. The van der Waals surface area contributed by atoms with Gasteiger partial charge >= 0.3 is 6.09 Å². The Kier molecular flexibility index (Phi) is 3.60. The standard InChI is InChI=1S/C15H12BrNO3/c16-12-6-7-13(14-11(12)8-9-19-14)17-15(18)20-10-4-2-1-3-5-10/h1-7H,8-9H2,(H,17,18). The van der Waals surface area contributed by atoms with Crippen molar-refractivity contribution < 1.29 is 14.3 Å². The second-order valence-corrected chi connectivity index (χ2v) is 5.18. The summed E-state index contributed by atoms with van der Waals surface area (Å²) in [4.78, 5) is 11.9. The van der Waals surface area contributed by atoms with E-state index in [1.807, 2.05) is 24.3 Å². The van der Waals surface area contributed by atoms with Crippen molar-refractivity contribution in [2.24, 2.45) is 0 Å². The van der Waals surface area contributed by atoms with Gasteiger partial charge < -0.3 is 9.47 Å². The number of benzene rings is 2. The van der Waals surface area contributed by atoms with E-state index in [1.54, 1.807) is 18.2 Å². The van der Waals surface area contributed by atoms with Gasteiger partial charge in [-0.05, 0) is 24.3 Å². The molecule has 0 unspecified atom stereocenters. The summed E-state index contributed by atoms with van der Waals surface area (Å²) in [6.45, 7) is 0.625. The highest BCUT2D eigenvalue weighted by atomic mass is 79.9. The number of carbonyl (C=O) groups is 1. The molecule has 0 saturated heterocycles. The first kappa shape index (κ1) is 13.0. The zero-order valence-corrected chi connectivity index (χ0v) is 12.1. The van der Waals surface area contributed by atoms with E-state index in [0.29, 0.717) is 23.8 Å². The number of para-hydroxylation sites is 1. The van der Waals surface area contributed by atoms with Crippen molar-refractivity contribution in [3.8, 4) is 11.5 Å². The molecule has 0 fully saturated rings. The Labute approximate surface area is 124 Å². The maximum atomic E-state index is 11.9. The van der Waals surface area contributed by atoms with Gasteiger partial charge in [0.05, 0.1) is 12.3 Å². The van der Waals surface area contributed by atoms with Crippen LogP contribution in [0.2, 0.25) is 0 Å². The predicted octanol–water partition coefficient (Wildman–Crippen LogP) is 3.99. The van der Waals surface area contributed by atoms with E-state index in [0.717, 1.165) is 16.5 Å². The van der Waals surface area contributed by atoms with Gasteiger partial charge in [-0.3, -0.25) is 5.32 Å². The van der Waals surface area contributed by atoms with Gasteiger partial charge in [-0.2, -0.15) is 0 Å². The molecule has 3 rings (SSSR count). The van der Waals surface area contributed by atoms with Crippen molar-refractivity contribution in [3.63, 3.8) is 0 Å². The molecular formula is C15H12BrNO3. The van der Waals surface area contributed by atoms with Crippen LogP contribution in [-0.4, -0.2) is 12.7 Å². The Hall–Kier alpha value is -2.01. The summed E-state index contributed by atoms with van der Waals surface area (Å²) in [5.74, 6) is 1.21. The summed E-state index contributed by atoms with van der Waals surface area (Å²) in [7, 11) is 0. The quantitative estimate of drug-likeness (QED) is 0.903. The fourth-order valence-corrected chi connectivity index (χ4v) is 2.60. The van der Waals surface area contributed by atoms with Crippen molar-refractivity contribution in [2.75, 3.05) is 11.9 Å². The Balaban J connectivity index is 1.76. The average molecular weight is 334 g/mol. The van der Waals surface area contributed by atoms with E-state index in [1.165, 1.54) is 0 Å². The topological polar surface area (TPSA) is 47.6 Å². The van der Waals surface area contributed by atoms with Gasteiger partial charge in [0.25, 0.3) is 0 Å². The van der Waals surface area contributed by atoms with Crippen molar-refractivity contribution in [3.05, 3.63) is 52.5 Å². The molecule has 0 aliphatic carbocycles. The lowest BCUT2D eigenvalue weighted by atomic mass is 10.1. The van der Waals surface area contributed by atoms with Crippen LogP contribution in [0.3, 0.4) is 0 Å². The second kappa shape index (κ2) is 5.54. The predicted molar refractivity (Wildman–Crippen MR) is 79.4 cm³/mol. The third-order valence-electron chi connectivity index (χ3n) is 2.99. The number of carbonyl (C=O) groups excluding carboxylic acids is 1. The molecule has 1 heterocycles. The van der Waals surface area contributed by atoms with Crippen LogP contribution in [0.4, 0.5) is 10.5 Å². The fourth-order valence-electron chi connectivity index (χ4n) is 2.09. The smallest absolute Gasteiger partial charge is 0.417 e. The number of halogens is 1. The summed E-state index contributed by atoms with van der Waals surface area (Å²) in [6.07, 6.45) is 0.301. The molecule has 0 atom stereocenters. The first-order valence-corrected chi connectivity index (χ1v) is 7.01. The molecule has 20 heavy (non-hydrogen) atoms. The van der Waals surface area contributed by atoms with Crippen LogP contribution in [0.1, 0.15) is 5.56 Å². The highest BCUT2D eigenvalue weighted by molar-refractivity contribution is 9.10. The van der Waals surface area contributed by atoms with Crippen molar-refractivity contribution >= 4 is 27.7 Å². The van der Waals surface area contributed by atoms with E-state index in [9.17, 15) is 4.79 Å². The molecule has 5 heteroatoms. The minimum absolute atomic E-state index is 0.500. The molecule has 0 radical (unpaired) electrons. The molecule has 4 nitrogen and oxygen atoms in total. The van der Waals surface area contributed by atoms with Crippen molar-refractivity contribution in [2.45, 2.75) is 6.42 Å². The molecule has 0 bridgehead atoms. The molecule has 1 N–H and O–H groups in total. The van der Waals surface area contributed by atoms with Crippen molar-refractivity contribution in [1.29, 1.82) is 0 Å². The van der Waals surface area contributed by atoms with Gasteiger partial charge in [-0.15, -0.1) is 0 Å².